The first-order chi connectivity index (χ1) is 31.1. The predicted octanol–water partition coefficient (Wildman–Crippen LogP) is 13.3. The number of carbonyl (C=O) groups excluding carboxylic acids is 1. The van der Waals surface area contributed by atoms with E-state index in [1.54, 1.807) is 0 Å². The zero-order chi connectivity index (χ0) is 53.4. The third-order valence-corrected chi connectivity index (χ3v) is 12.8. The number of aromatic nitrogens is 2. The molecule has 0 saturated carbocycles. The SMILES string of the molecule is CC(c1ccc(C(F)(F)C(C)(F)F)nc1)S(C)(=O)=NC#N.CCO/C=C/C(=O)C(F)(F)C(F)(F)F.CCOCC.CSC(C)/C=C/N1CCCC1.CSC(C)c1ccc(C(F)(F)C(F)(F)F)nc1. The Labute approximate surface area is 397 Å². The lowest BCUT2D eigenvalue weighted by atomic mass is 10.1. The smallest absolute Gasteiger partial charge is 0.461 e. The van der Waals surface area contributed by atoms with Crippen molar-refractivity contribution in [3.63, 3.8) is 0 Å². The first-order valence-electron chi connectivity index (χ1n) is 20.2. The summed E-state index contributed by atoms with van der Waals surface area (Å²) in [7, 11) is -2.90. The zero-order valence-electron chi connectivity index (χ0n) is 38.8. The minimum Gasteiger partial charge on any atom is -0.501 e. The molecule has 2 aromatic rings. The number of rotatable bonds is 16. The van der Waals surface area contributed by atoms with Gasteiger partial charge in [-0.15, -0.1) is 4.36 Å². The van der Waals surface area contributed by atoms with Crippen LogP contribution in [-0.4, -0.2) is 106 Å². The van der Waals surface area contributed by atoms with Crippen molar-refractivity contribution in [3.8, 4) is 6.19 Å². The number of ether oxygens (including phenoxy) is 2. The Morgan fingerprint density at radius 3 is 1.65 bits per heavy atom. The number of ketones is 1. The predicted molar refractivity (Wildman–Crippen MR) is 237 cm³/mol. The van der Waals surface area contributed by atoms with E-state index in [1.165, 1.54) is 70.1 Å². The quantitative estimate of drug-likeness (QED) is 0.0696. The van der Waals surface area contributed by atoms with Gasteiger partial charge in [-0.2, -0.15) is 90.3 Å². The minimum atomic E-state index is -5.87. The first kappa shape index (κ1) is 66.3. The molecule has 1 saturated heterocycles. The Bertz CT molecular complexity index is 1980. The van der Waals surface area contributed by atoms with Gasteiger partial charge in [0.05, 0.1) is 27.8 Å². The molecule has 390 valence electrons. The third-order valence-electron chi connectivity index (χ3n) is 8.93. The average Bonchev–Trinajstić information content (AvgIpc) is 3.79. The molecule has 3 heterocycles. The van der Waals surface area contributed by atoms with E-state index in [0.29, 0.717) is 17.1 Å². The van der Waals surface area contributed by atoms with Crippen LogP contribution < -0.4 is 0 Å². The Balaban J connectivity index is 0. The largest absolute Gasteiger partial charge is 0.501 e. The lowest BCUT2D eigenvalue weighted by molar-refractivity contribution is -0.290. The van der Waals surface area contributed by atoms with Crippen molar-refractivity contribution in [2.24, 2.45) is 4.36 Å². The van der Waals surface area contributed by atoms with E-state index in [2.05, 4.69) is 49.4 Å². The lowest BCUT2D eigenvalue weighted by Crippen LogP contribution is -2.43. The van der Waals surface area contributed by atoms with Gasteiger partial charge >= 0.3 is 36.0 Å². The van der Waals surface area contributed by atoms with Crippen molar-refractivity contribution < 1.29 is 79.9 Å². The second-order valence-corrected chi connectivity index (χ2v) is 19.1. The molecular weight excluding hydrogens is 1000 g/mol. The van der Waals surface area contributed by atoms with Crippen molar-refractivity contribution in [3.05, 3.63) is 83.8 Å². The summed E-state index contributed by atoms with van der Waals surface area (Å²) in [6, 6.07) is 3.84. The summed E-state index contributed by atoms with van der Waals surface area (Å²) in [5, 5.41) is 8.35. The van der Waals surface area contributed by atoms with Gasteiger partial charge in [0.2, 0.25) is 12.0 Å². The van der Waals surface area contributed by atoms with Gasteiger partial charge in [-0.3, -0.25) is 14.8 Å². The van der Waals surface area contributed by atoms with E-state index in [9.17, 15) is 70.5 Å². The van der Waals surface area contributed by atoms with E-state index in [0.717, 1.165) is 43.8 Å². The van der Waals surface area contributed by atoms with E-state index in [1.807, 2.05) is 38.8 Å². The maximum atomic E-state index is 13.4. The fraction of sp³-hybridized carbons (Fsp3) is 0.619. The summed E-state index contributed by atoms with van der Waals surface area (Å²) in [6.07, 6.45) is 4.97. The number of thioether (sulfide) groups is 2. The summed E-state index contributed by atoms with van der Waals surface area (Å²) in [4.78, 5) is 19.3. The standard InChI is InChI=1S/C12H13F4N3OS.C10H10F5NS.C9H17NS.C7H7F5O2.C4H10O/c1-8(21(3,20)19-7-17)9-4-5-10(18-6-9)12(15,16)11(2,13)14;1-6(17-2)7-3-4-8(16-5-7)9(11,12)10(13,14)15;1-9(11-2)5-8-10-6-3-4-7-10;1-2-14-4-3-5(13)6(8,9)7(10,11)12;1-3-5-4-2/h4-6,8H,1-3H3;3-6H,1-2H3;5,8-9H,3-4,6-7H2,1-2H3;3-4H,2H2,1H3;3-4H2,1-2H3/b;;8-5+;4-3+;. The molecule has 0 radical (unpaired) electrons. The molecule has 1 aliphatic heterocycles. The Hall–Kier alpha value is -3.83. The van der Waals surface area contributed by atoms with E-state index < -0.39 is 68.2 Å². The van der Waals surface area contributed by atoms with Crippen molar-refractivity contribution >= 4 is 39.0 Å². The second kappa shape index (κ2) is 30.0. The molecule has 0 bridgehead atoms. The zero-order valence-corrected chi connectivity index (χ0v) is 41.3. The van der Waals surface area contributed by atoms with Gasteiger partial charge in [0, 0.05) is 68.5 Å². The van der Waals surface area contributed by atoms with Crippen molar-refractivity contribution in [2.45, 2.75) is 113 Å². The highest BCUT2D eigenvalue weighted by Crippen LogP contribution is 2.44. The molecule has 1 fully saturated rings. The Morgan fingerprint density at radius 1 is 0.809 bits per heavy atom. The molecule has 0 aromatic carbocycles. The summed E-state index contributed by atoms with van der Waals surface area (Å²) >= 11 is 3.34. The van der Waals surface area contributed by atoms with Gasteiger partial charge in [-0.1, -0.05) is 18.2 Å². The highest BCUT2D eigenvalue weighted by atomic mass is 32.2. The van der Waals surface area contributed by atoms with Gasteiger partial charge in [-0.25, -0.2) is 4.21 Å². The number of allylic oxidation sites excluding steroid dienone is 1. The molecule has 0 amide bonds. The van der Waals surface area contributed by atoms with Crippen LogP contribution in [0.1, 0.15) is 94.3 Å². The number of likely N-dealkylation sites (tertiary alicyclic amines) is 1. The molecule has 26 heteroatoms. The Kier molecular flexibility index (Phi) is 29.3. The van der Waals surface area contributed by atoms with Crippen LogP contribution in [-0.2, 0) is 35.8 Å². The van der Waals surface area contributed by atoms with E-state index in [-0.39, 0.29) is 30.4 Å². The average molecular weight is 1060 g/mol. The summed E-state index contributed by atoms with van der Waals surface area (Å²) in [5.41, 5.74) is -1.48. The van der Waals surface area contributed by atoms with Gasteiger partial charge in [0.15, 0.2) is 0 Å². The molecule has 0 aliphatic carbocycles. The highest BCUT2D eigenvalue weighted by Gasteiger charge is 2.62. The number of hydrogen-bond donors (Lipinski definition) is 0. The van der Waals surface area contributed by atoms with Gasteiger partial charge in [0.25, 0.3) is 0 Å². The van der Waals surface area contributed by atoms with Crippen molar-refractivity contribution in [2.75, 3.05) is 51.7 Å². The third kappa shape index (κ3) is 22.3. The van der Waals surface area contributed by atoms with Crippen LogP contribution in [0, 0.1) is 11.5 Å². The summed E-state index contributed by atoms with van der Waals surface area (Å²) in [6.45, 7) is 15.4. The Morgan fingerprint density at radius 2 is 1.29 bits per heavy atom. The highest BCUT2D eigenvalue weighted by molar-refractivity contribution is 7.99. The molecule has 9 nitrogen and oxygen atoms in total. The molecule has 4 unspecified atom stereocenters. The molecule has 0 N–H and O–H groups in total. The normalized spacial score (nSPS) is 15.7. The van der Waals surface area contributed by atoms with E-state index >= 15 is 0 Å². The summed E-state index contributed by atoms with van der Waals surface area (Å²) < 4.78 is 198. The first-order valence-corrected chi connectivity index (χ1v) is 24.7. The number of pyridine rings is 2. The second-order valence-electron chi connectivity index (χ2n) is 14.1. The molecule has 0 spiro atoms. The van der Waals surface area contributed by atoms with Crippen molar-refractivity contribution in [1.82, 2.24) is 14.9 Å². The maximum Gasteiger partial charge on any atom is 0.461 e. The van der Waals surface area contributed by atoms with Crippen LogP contribution in [0.2, 0.25) is 0 Å². The van der Waals surface area contributed by atoms with Crippen LogP contribution in [0.5, 0.6) is 0 Å². The van der Waals surface area contributed by atoms with Crippen LogP contribution in [0.4, 0.5) is 61.5 Å². The molecule has 4 atom stereocenters. The van der Waals surface area contributed by atoms with Crippen LogP contribution in [0.25, 0.3) is 0 Å². The molecule has 3 rings (SSSR count). The van der Waals surface area contributed by atoms with E-state index in [4.69, 9.17) is 10.00 Å². The topological polar surface area (TPSA) is 118 Å². The van der Waals surface area contributed by atoms with Crippen LogP contribution in [0.15, 0.2) is 65.6 Å². The fourth-order valence-electron chi connectivity index (χ4n) is 4.45. The maximum absolute atomic E-state index is 13.4. The number of hydrogen-bond acceptors (Lipinski definition) is 11. The molecular formula is C42H57F14N5O4S3. The van der Waals surface area contributed by atoms with Gasteiger partial charge < -0.3 is 14.4 Å². The van der Waals surface area contributed by atoms with Crippen LogP contribution in [0.3, 0.4) is 0 Å². The molecule has 68 heavy (non-hydrogen) atoms. The lowest BCUT2D eigenvalue weighted by Gasteiger charge is -2.22. The van der Waals surface area contributed by atoms with Crippen molar-refractivity contribution in [1.29, 1.82) is 5.26 Å². The fourth-order valence-corrected chi connectivity index (χ4v) is 6.05. The summed E-state index contributed by atoms with van der Waals surface area (Å²) in [5.74, 6) is -21.3. The number of alkyl halides is 14. The minimum absolute atomic E-state index is 0.00365. The van der Waals surface area contributed by atoms with Gasteiger partial charge in [0.1, 0.15) is 11.4 Å². The number of halogens is 14. The van der Waals surface area contributed by atoms with Crippen LogP contribution >= 0.6 is 23.5 Å². The molecule has 1 aliphatic rings. The number of nitriles is 1. The number of nitrogens with zero attached hydrogens (tertiary/aromatic N) is 5. The molecule has 2 aromatic heterocycles. The van der Waals surface area contributed by atoms with Gasteiger partial charge in [-0.05, 0) is 96.4 Å². The monoisotopic (exact) mass is 1060 g/mol. The number of carbonyl (C=O) groups is 1.